The first-order valence-corrected chi connectivity index (χ1v) is 3.68. The third-order valence-electron chi connectivity index (χ3n) is 1.23. The van der Waals surface area contributed by atoms with Crippen molar-refractivity contribution >= 4 is 11.6 Å². The molecule has 0 saturated heterocycles. The van der Waals surface area contributed by atoms with Gasteiger partial charge < -0.3 is 16.2 Å². The Morgan fingerprint density at radius 2 is 2.17 bits per heavy atom. The SMILES string of the molecule is C[C@@H](O)CNc1ncc(N)cn1. The summed E-state index contributed by atoms with van der Waals surface area (Å²) in [7, 11) is 0. The second-order valence-electron chi connectivity index (χ2n) is 2.57. The van der Waals surface area contributed by atoms with E-state index in [-0.39, 0.29) is 0 Å². The second-order valence-corrected chi connectivity index (χ2v) is 2.57. The highest BCUT2D eigenvalue weighted by Crippen LogP contribution is 2.00. The van der Waals surface area contributed by atoms with Crippen molar-refractivity contribution in [3.63, 3.8) is 0 Å². The number of nitrogens with one attached hydrogen (secondary N) is 1. The van der Waals surface area contributed by atoms with Crippen LogP contribution in [0.4, 0.5) is 11.6 Å². The number of nitrogen functional groups attached to an aromatic ring is 1. The highest BCUT2D eigenvalue weighted by Gasteiger charge is 1.97. The van der Waals surface area contributed by atoms with Crippen LogP contribution in [0, 0.1) is 0 Å². The van der Waals surface area contributed by atoms with Gasteiger partial charge in [0, 0.05) is 6.54 Å². The molecular formula is C7H12N4O. The molecule has 1 atom stereocenters. The van der Waals surface area contributed by atoms with Crippen LogP contribution < -0.4 is 11.1 Å². The lowest BCUT2D eigenvalue weighted by Crippen LogP contribution is -2.16. The van der Waals surface area contributed by atoms with Crippen molar-refractivity contribution in [2.45, 2.75) is 13.0 Å². The van der Waals surface area contributed by atoms with Gasteiger partial charge in [0.05, 0.1) is 24.2 Å². The fraction of sp³-hybridized carbons (Fsp3) is 0.429. The van der Waals surface area contributed by atoms with Crippen LogP contribution in [-0.2, 0) is 0 Å². The molecule has 0 amide bonds. The van der Waals surface area contributed by atoms with Gasteiger partial charge in [-0.1, -0.05) is 0 Å². The molecule has 12 heavy (non-hydrogen) atoms. The maximum absolute atomic E-state index is 8.93. The van der Waals surface area contributed by atoms with E-state index in [0.717, 1.165) is 0 Å². The molecule has 0 radical (unpaired) electrons. The van der Waals surface area contributed by atoms with Gasteiger partial charge in [-0.3, -0.25) is 0 Å². The van der Waals surface area contributed by atoms with Gasteiger partial charge in [0.25, 0.3) is 0 Å². The Labute approximate surface area is 70.6 Å². The number of hydrogen-bond acceptors (Lipinski definition) is 5. The van der Waals surface area contributed by atoms with Crippen molar-refractivity contribution in [1.29, 1.82) is 0 Å². The van der Waals surface area contributed by atoms with Gasteiger partial charge in [-0.2, -0.15) is 0 Å². The maximum atomic E-state index is 8.93. The lowest BCUT2D eigenvalue weighted by atomic mass is 10.4. The molecule has 0 spiro atoms. The first kappa shape index (κ1) is 8.73. The number of nitrogens with two attached hydrogens (primary N) is 1. The summed E-state index contributed by atoms with van der Waals surface area (Å²) in [5.41, 5.74) is 5.91. The number of aromatic nitrogens is 2. The van der Waals surface area contributed by atoms with Crippen LogP contribution in [0.1, 0.15) is 6.92 Å². The standard InChI is InChI=1S/C7H12N4O/c1-5(12)2-9-7-10-3-6(8)4-11-7/h3-5,12H,2,8H2,1H3,(H,9,10,11)/t5-/m1/s1. The largest absolute Gasteiger partial charge is 0.396 e. The van der Waals surface area contributed by atoms with Gasteiger partial charge in [0.2, 0.25) is 5.95 Å². The van der Waals surface area contributed by atoms with Crippen LogP contribution in [-0.4, -0.2) is 27.7 Å². The minimum Gasteiger partial charge on any atom is -0.396 e. The lowest BCUT2D eigenvalue weighted by Gasteiger charge is -2.05. The first-order chi connectivity index (χ1) is 5.68. The summed E-state index contributed by atoms with van der Waals surface area (Å²) < 4.78 is 0. The minimum atomic E-state index is -0.411. The molecule has 1 rings (SSSR count). The molecule has 1 aromatic rings. The van der Waals surface area contributed by atoms with Crippen LogP contribution in [0.2, 0.25) is 0 Å². The van der Waals surface area contributed by atoms with E-state index in [9.17, 15) is 0 Å². The van der Waals surface area contributed by atoms with Crippen molar-refractivity contribution in [3.8, 4) is 0 Å². The Hall–Kier alpha value is -1.36. The number of hydrogen-bond donors (Lipinski definition) is 3. The average molecular weight is 168 g/mol. The summed E-state index contributed by atoms with van der Waals surface area (Å²) in [5, 5.41) is 11.8. The normalized spacial score (nSPS) is 12.5. The van der Waals surface area contributed by atoms with Gasteiger partial charge >= 0.3 is 0 Å². The molecule has 66 valence electrons. The van der Waals surface area contributed by atoms with Crippen LogP contribution in [0.15, 0.2) is 12.4 Å². The van der Waals surface area contributed by atoms with Crippen LogP contribution in [0.3, 0.4) is 0 Å². The van der Waals surface area contributed by atoms with Crippen molar-refractivity contribution in [3.05, 3.63) is 12.4 Å². The zero-order valence-corrected chi connectivity index (χ0v) is 6.86. The van der Waals surface area contributed by atoms with E-state index in [0.29, 0.717) is 18.2 Å². The van der Waals surface area contributed by atoms with E-state index in [4.69, 9.17) is 10.8 Å². The molecule has 0 aliphatic rings. The molecule has 1 aromatic heterocycles. The number of aliphatic hydroxyl groups is 1. The van der Waals surface area contributed by atoms with Gasteiger partial charge in [-0.25, -0.2) is 9.97 Å². The van der Waals surface area contributed by atoms with Gasteiger partial charge in [0.15, 0.2) is 0 Å². The maximum Gasteiger partial charge on any atom is 0.222 e. The van der Waals surface area contributed by atoms with E-state index < -0.39 is 6.10 Å². The van der Waals surface area contributed by atoms with Crippen LogP contribution >= 0.6 is 0 Å². The molecule has 1 heterocycles. The summed E-state index contributed by atoms with van der Waals surface area (Å²) >= 11 is 0. The molecular weight excluding hydrogens is 156 g/mol. The fourth-order valence-corrected chi connectivity index (χ4v) is 0.668. The molecule has 4 N–H and O–H groups in total. The predicted octanol–water partition coefficient (Wildman–Crippen LogP) is -0.149. The molecule has 0 aliphatic carbocycles. The van der Waals surface area contributed by atoms with Gasteiger partial charge in [-0.15, -0.1) is 0 Å². The summed E-state index contributed by atoms with van der Waals surface area (Å²) in [5.74, 6) is 0.477. The van der Waals surface area contributed by atoms with E-state index in [1.54, 1.807) is 6.92 Å². The summed E-state index contributed by atoms with van der Waals surface area (Å²) in [4.78, 5) is 7.78. The predicted molar refractivity (Wildman–Crippen MR) is 46.6 cm³/mol. The molecule has 0 unspecified atom stereocenters. The summed E-state index contributed by atoms with van der Waals surface area (Å²) in [6.07, 6.45) is 2.61. The minimum absolute atomic E-state index is 0.411. The quantitative estimate of drug-likeness (QED) is 0.584. The van der Waals surface area contributed by atoms with E-state index in [1.165, 1.54) is 12.4 Å². The van der Waals surface area contributed by atoms with Crippen LogP contribution in [0.5, 0.6) is 0 Å². The van der Waals surface area contributed by atoms with Crippen molar-refractivity contribution in [1.82, 2.24) is 9.97 Å². The van der Waals surface area contributed by atoms with E-state index >= 15 is 0 Å². The lowest BCUT2D eigenvalue weighted by molar-refractivity contribution is 0.208. The molecule has 0 aliphatic heterocycles. The molecule has 0 aromatic carbocycles. The monoisotopic (exact) mass is 168 g/mol. The van der Waals surface area contributed by atoms with Crippen LogP contribution in [0.25, 0.3) is 0 Å². The molecule has 5 nitrogen and oxygen atoms in total. The number of nitrogens with zero attached hydrogens (tertiary/aromatic N) is 2. The summed E-state index contributed by atoms with van der Waals surface area (Å²) in [6.45, 7) is 2.12. The Morgan fingerprint density at radius 3 is 2.67 bits per heavy atom. The van der Waals surface area contributed by atoms with E-state index in [1.807, 2.05) is 0 Å². The highest BCUT2D eigenvalue weighted by atomic mass is 16.3. The average Bonchev–Trinajstić information content (AvgIpc) is 2.03. The second kappa shape index (κ2) is 3.87. The molecule has 0 bridgehead atoms. The van der Waals surface area contributed by atoms with Gasteiger partial charge in [0.1, 0.15) is 0 Å². The zero-order valence-electron chi connectivity index (χ0n) is 6.86. The number of anilines is 2. The fourth-order valence-electron chi connectivity index (χ4n) is 0.668. The third-order valence-corrected chi connectivity index (χ3v) is 1.23. The molecule has 0 saturated carbocycles. The summed E-state index contributed by atoms with van der Waals surface area (Å²) in [6, 6.07) is 0. The Kier molecular flexibility index (Phi) is 2.82. The van der Waals surface area contributed by atoms with E-state index in [2.05, 4.69) is 15.3 Å². The number of aliphatic hydroxyl groups excluding tert-OH is 1. The van der Waals surface area contributed by atoms with Crippen molar-refractivity contribution < 1.29 is 5.11 Å². The Morgan fingerprint density at radius 1 is 1.58 bits per heavy atom. The molecule has 0 fully saturated rings. The Balaban J connectivity index is 2.48. The molecule has 5 heteroatoms. The smallest absolute Gasteiger partial charge is 0.222 e. The number of rotatable bonds is 3. The van der Waals surface area contributed by atoms with Crippen molar-refractivity contribution in [2.24, 2.45) is 0 Å². The Bertz CT molecular complexity index is 234. The first-order valence-electron chi connectivity index (χ1n) is 3.68. The third kappa shape index (κ3) is 2.71. The zero-order chi connectivity index (χ0) is 8.97. The van der Waals surface area contributed by atoms with Crippen molar-refractivity contribution in [2.75, 3.05) is 17.6 Å². The topological polar surface area (TPSA) is 84.1 Å². The van der Waals surface area contributed by atoms with Gasteiger partial charge in [-0.05, 0) is 6.92 Å². The highest BCUT2D eigenvalue weighted by molar-refractivity contribution is 5.35.